The Labute approximate surface area is 113 Å². The first-order valence-corrected chi connectivity index (χ1v) is 7.78. The molecule has 3 nitrogen and oxygen atoms in total. The van der Waals surface area contributed by atoms with Crippen LogP contribution >= 0.6 is 0 Å². The van der Waals surface area contributed by atoms with Crippen LogP contribution in [0.5, 0.6) is 0 Å². The van der Waals surface area contributed by atoms with Crippen LogP contribution in [-0.4, -0.2) is 48.4 Å². The lowest BCUT2D eigenvalue weighted by Gasteiger charge is -2.24. The molecule has 1 aliphatic rings. The van der Waals surface area contributed by atoms with Gasteiger partial charge in [0, 0.05) is 26.1 Å². The summed E-state index contributed by atoms with van der Waals surface area (Å²) in [5, 5.41) is 0. The molecule has 0 radical (unpaired) electrons. The predicted octanol–water partition coefficient (Wildman–Crippen LogP) is 2.90. The number of likely N-dealkylation sites (tertiary alicyclic amines) is 1. The number of rotatable bonds is 7. The zero-order chi connectivity index (χ0) is 13.2. The van der Waals surface area contributed by atoms with E-state index in [1.807, 2.05) is 4.90 Å². The SMILES string of the molecule is CCCN(CCC)C(=O)CCN1CCCCCC1. The van der Waals surface area contributed by atoms with Crippen molar-refractivity contribution < 1.29 is 4.79 Å². The lowest BCUT2D eigenvalue weighted by molar-refractivity contribution is -0.131. The van der Waals surface area contributed by atoms with Gasteiger partial charge in [-0.3, -0.25) is 4.79 Å². The minimum Gasteiger partial charge on any atom is -0.343 e. The van der Waals surface area contributed by atoms with E-state index in [1.54, 1.807) is 0 Å². The number of carbonyl (C=O) groups excluding carboxylic acids is 1. The Morgan fingerprint density at radius 3 is 2.06 bits per heavy atom. The Morgan fingerprint density at radius 2 is 1.56 bits per heavy atom. The van der Waals surface area contributed by atoms with E-state index in [-0.39, 0.29) is 0 Å². The molecular formula is C15H30N2O. The van der Waals surface area contributed by atoms with Crippen LogP contribution in [0.4, 0.5) is 0 Å². The molecule has 0 aliphatic carbocycles. The van der Waals surface area contributed by atoms with Gasteiger partial charge in [-0.25, -0.2) is 0 Å². The van der Waals surface area contributed by atoms with Crippen LogP contribution in [0.1, 0.15) is 58.8 Å². The van der Waals surface area contributed by atoms with E-state index in [9.17, 15) is 4.79 Å². The third kappa shape index (κ3) is 5.85. The fourth-order valence-electron chi connectivity index (χ4n) is 2.67. The minimum atomic E-state index is 0.350. The van der Waals surface area contributed by atoms with E-state index in [2.05, 4.69) is 18.7 Å². The fourth-order valence-corrected chi connectivity index (χ4v) is 2.67. The molecular weight excluding hydrogens is 224 g/mol. The summed E-state index contributed by atoms with van der Waals surface area (Å²) in [6.07, 6.45) is 8.18. The summed E-state index contributed by atoms with van der Waals surface area (Å²) in [6, 6.07) is 0. The Bertz CT molecular complexity index is 217. The lowest BCUT2D eigenvalue weighted by Crippen LogP contribution is -2.36. The zero-order valence-electron chi connectivity index (χ0n) is 12.3. The Hall–Kier alpha value is -0.570. The van der Waals surface area contributed by atoms with Gasteiger partial charge in [0.25, 0.3) is 0 Å². The van der Waals surface area contributed by atoms with E-state index < -0.39 is 0 Å². The highest BCUT2D eigenvalue weighted by atomic mass is 16.2. The van der Waals surface area contributed by atoms with Crippen molar-refractivity contribution in [2.45, 2.75) is 58.8 Å². The molecule has 106 valence electrons. The zero-order valence-corrected chi connectivity index (χ0v) is 12.3. The molecule has 1 saturated heterocycles. The van der Waals surface area contributed by atoms with E-state index in [0.717, 1.165) is 32.5 Å². The number of carbonyl (C=O) groups is 1. The molecule has 0 aromatic rings. The van der Waals surface area contributed by atoms with Crippen molar-refractivity contribution in [3.05, 3.63) is 0 Å². The van der Waals surface area contributed by atoms with Gasteiger partial charge < -0.3 is 9.80 Å². The Balaban J connectivity index is 2.28. The summed E-state index contributed by atoms with van der Waals surface area (Å²) in [6.45, 7) is 9.47. The van der Waals surface area contributed by atoms with Crippen LogP contribution in [-0.2, 0) is 4.79 Å². The van der Waals surface area contributed by atoms with Gasteiger partial charge in [0.2, 0.25) is 5.91 Å². The molecule has 0 spiro atoms. The summed E-state index contributed by atoms with van der Waals surface area (Å²) in [5.74, 6) is 0.350. The molecule has 0 atom stereocenters. The first kappa shape index (κ1) is 15.5. The van der Waals surface area contributed by atoms with E-state index >= 15 is 0 Å². The fraction of sp³-hybridized carbons (Fsp3) is 0.933. The van der Waals surface area contributed by atoms with Gasteiger partial charge in [0.1, 0.15) is 0 Å². The molecule has 1 fully saturated rings. The second-order valence-electron chi connectivity index (χ2n) is 5.39. The van der Waals surface area contributed by atoms with Gasteiger partial charge in [-0.1, -0.05) is 26.7 Å². The van der Waals surface area contributed by atoms with Crippen LogP contribution in [0.25, 0.3) is 0 Å². The topological polar surface area (TPSA) is 23.6 Å². The van der Waals surface area contributed by atoms with Crippen molar-refractivity contribution >= 4 is 5.91 Å². The van der Waals surface area contributed by atoms with E-state index in [4.69, 9.17) is 0 Å². The highest BCUT2D eigenvalue weighted by molar-refractivity contribution is 5.76. The maximum Gasteiger partial charge on any atom is 0.223 e. The van der Waals surface area contributed by atoms with E-state index in [1.165, 1.54) is 38.8 Å². The predicted molar refractivity (Wildman–Crippen MR) is 76.7 cm³/mol. The number of hydrogen-bond donors (Lipinski definition) is 0. The molecule has 0 aromatic heterocycles. The highest BCUT2D eigenvalue weighted by Gasteiger charge is 2.14. The average Bonchev–Trinajstić information content (AvgIpc) is 2.64. The standard InChI is InChI=1S/C15H30N2O/c1-3-10-17(11-4-2)15(18)9-14-16-12-7-5-6-8-13-16/h3-14H2,1-2H3. The molecule has 3 heteroatoms. The van der Waals surface area contributed by atoms with Crippen molar-refractivity contribution in [1.82, 2.24) is 9.80 Å². The van der Waals surface area contributed by atoms with Crippen LogP contribution in [0.2, 0.25) is 0 Å². The third-order valence-corrected chi connectivity index (χ3v) is 3.68. The smallest absolute Gasteiger partial charge is 0.223 e. The van der Waals surface area contributed by atoms with Crippen molar-refractivity contribution in [1.29, 1.82) is 0 Å². The molecule has 0 aromatic carbocycles. The first-order valence-electron chi connectivity index (χ1n) is 7.78. The molecule has 1 rings (SSSR count). The van der Waals surface area contributed by atoms with Crippen LogP contribution in [0, 0.1) is 0 Å². The molecule has 0 N–H and O–H groups in total. The summed E-state index contributed by atoms with van der Waals surface area (Å²) in [5.41, 5.74) is 0. The lowest BCUT2D eigenvalue weighted by atomic mass is 10.2. The van der Waals surface area contributed by atoms with Crippen molar-refractivity contribution in [2.75, 3.05) is 32.7 Å². The Morgan fingerprint density at radius 1 is 1.00 bits per heavy atom. The summed E-state index contributed by atoms with van der Waals surface area (Å²) in [4.78, 5) is 16.7. The Kier molecular flexibility index (Phi) is 8.06. The molecule has 0 bridgehead atoms. The van der Waals surface area contributed by atoms with Crippen LogP contribution < -0.4 is 0 Å². The van der Waals surface area contributed by atoms with Crippen molar-refractivity contribution in [2.24, 2.45) is 0 Å². The normalized spacial score (nSPS) is 17.4. The summed E-state index contributed by atoms with van der Waals surface area (Å²) >= 11 is 0. The summed E-state index contributed by atoms with van der Waals surface area (Å²) in [7, 11) is 0. The number of amides is 1. The average molecular weight is 254 g/mol. The van der Waals surface area contributed by atoms with Gasteiger partial charge >= 0.3 is 0 Å². The van der Waals surface area contributed by atoms with Gasteiger partial charge in [-0.2, -0.15) is 0 Å². The number of nitrogens with zero attached hydrogens (tertiary/aromatic N) is 2. The van der Waals surface area contributed by atoms with Crippen molar-refractivity contribution in [3.63, 3.8) is 0 Å². The second kappa shape index (κ2) is 9.37. The van der Waals surface area contributed by atoms with Gasteiger partial charge in [0.15, 0.2) is 0 Å². The molecule has 1 amide bonds. The van der Waals surface area contributed by atoms with Gasteiger partial charge in [0.05, 0.1) is 0 Å². The summed E-state index contributed by atoms with van der Waals surface area (Å²) < 4.78 is 0. The van der Waals surface area contributed by atoms with Crippen LogP contribution in [0.15, 0.2) is 0 Å². The quantitative estimate of drug-likeness (QED) is 0.697. The van der Waals surface area contributed by atoms with E-state index in [0.29, 0.717) is 12.3 Å². The maximum absolute atomic E-state index is 12.2. The molecule has 0 unspecified atom stereocenters. The first-order chi connectivity index (χ1) is 8.77. The minimum absolute atomic E-state index is 0.350. The second-order valence-corrected chi connectivity index (χ2v) is 5.39. The molecule has 18 heavy (non-hydrogen) atoms. The highest BCUT2D eigenvalue weighted by Crippen LogP contribution is 2.10. The monoisotopic (exact) mass is 254 g/mol. The number of hydrogen-bond acceptors (Lipinski definition) is 2. The largest absolute Gasteiger partial charge is 0.343 e. The third-order valence-electron chi connectivity index (χ3n) is 3.68. The van der Waals surface area contributed by atoms with Crippen molar-refractivity contribution in [3.8, 4) is 0 Å². The molecule has 1 heterocycles. The van der Waals surface area contributed by atoms with Gasteiger partial charge in [-0.15, -0.1) is 0 Å². The van der Waals surface area contributed by atoms with Crippen LogP contribution in [0.3, 0.4) is 0 Å². The molecule has 0 saturated carbocycles. The molecule has 1 aliphatic heterocycles. The maximum atomic E-state index is 12.2. The van der Waals surface area contributed by atoms with Gasteiger partial charge in [-0.05, 0) is 38.8 Å².